The van der Waals surface area contributed by atoms with Gasteiger partial charge in [0.15, 0.2) is 0 Å². The molecular formula is C10H13N3O2. The molecule has 0 aliphatic rings. The van der Waals surface area contributed by atoms with Gasteiger partial charge in [-0.25, -0.2) is 0 Å². The summed E-state index contributed by atoms with van der Waals surface area (Å²) in [5, 5.41) is 5.28. The highest BCUT2D eigenvalue weighted by Crippen LogP contribution is 2.03. The Balaban J connectivity index is 2.26. The van der Waals surface area contributed by atoms with E-state index in [1.165, 1.54) is 0 Å². The zero-order valence-corrected chi connectivity index (χ0v) is 8.19. The molecule has 5 heteroatoms. The van der Waals surface area contributed by atoms with Crippen molar-refractivity contribution in [3.8, 4) is 0 Å². The maximum absolute atomic E-state index is 11.1. The zero-order valence-electron chi connectivity index (χ0n) is 8.19. The molecule has 0 spiro atoms. The first-order chi connectivity index (χ1) is 7.18. The molecule has 0 aromatic heterocycles. The van der Waals surface area contributed by atoms with E-state index < -0.39 is 5.91 Å². The van der Waals surface area contributed by atoms with Crippen molar-refractivity contribution in [2.45, 2.75) is 0 Å². The SMILES string of the molecule is NC(=O)CNC(=O)CNc1ccccc1. The maximum Gasteiger partial charge on any atom is 0.239 e. The largest absolute Gasteiger partial charge is 0.376 e. The van der Waals surface area contributed by atoms with Crippen LogP contribution in [0.3, 0.4) is 0 Å². The van der Waals surface area contributed by atoms with E-state index in [0.717, 1.165) is 5.69 Å². The number of para-hydroxylation sites is 1. The summed E-state index contributed by atoms with van der Waals surface area (Å²) >= 11 is 0. The fourth-order valence-corrected chi connectivity index (χ4v) is 0.987. The summed E-state index contributed by atoms with van der Waals surface area (Å²) in [7, 11) is 0. The van der Waals surface area contributed by atoms with Gasteiger partial charge >= 0.3 is 0 Å². The Labute approximate surface area is 87.7 Å². The van der Waals surface area contributed by atoms with E-state index in [9.17, 15) is 9.59 Å². The van der Waals surface area contributed by atoms with E-state index >= 15 is 0 Å². The quantitative estimate of drug-likeness (QED) is 0.619. The molecule has 5 nitrogen and oxygen atoms in total. The Morgan fingerprint density at radius 2 is 1.80 bits per heavy atom. The number of hydrogen-bond donors (Lipinski definition) is 3. The third-order valence-corrected chi connectivity index (χ3v) is 1.69. The zero-order chi connectivity index (χ0) is 11.1. The highest BCUT2D eigenvalue weighted by molar-refractivity contribution is 5.85. The highest BCUT2D eigenvalue weighted by atomic mass is 16.2. The molecule has 80 valence electrons. The number of hydrogen-bond acceptors (Lipinski definition) is 3. The number of benzene rings is 1. The average molecular weight is 207 g/mol. The Kier molecular flexibility index (Phi) is 4.15. The third kappa shape index (κ3) is 4.66. The van der Waals surface area contributed by atoms with E-state index in [-0.39, 0.29) is 19.0 Å². The Morgan fingerprint density at radius 1 is 1.13 bits per heavy atom. The van der Waals surface area contributed by atoms with Crippen molar-refractivity contribution in [3.63, 3.8) is 0 Å². The lowest BCUT2D eigenvalue weighted by Gasteiger charge is -2.05. The second-order valence-electron chi connectivity index (χ2n) is 2.96. The van der Waals surface area contributed by atoms with Crippen LogP contribution in [-0.2, 0) is 9.59 Å². The second-order valence-corrected chi connectivity index (χ2v) is 2.96. The van der Waals surface area contributed by atoms with E-state index in [1.54, 1.807) is 0 Å². The number of nitrogens with two attached hydrogens (primary N) is 1. The molecule has 0 atom stereocenters. The summed E-state index contributed by atoms with van der Waals surface area (Å²) in [6.07, 6.45) is 0. The van der Waals surface area contributed by atoms with Gasteiger partial charge in [-0.3, -0.25) is 9.59 Å². The minimum Gasteiger partial charge on any atom is -0.376 e. The molecule has 2 amide bonds. The van der Waals surface area contributed by atoms with Crippen LogP contribution < -0.4 is 16.4 Å². The van der Waals surface area contributed by atoms with Gasteiger partial charge in [0.05, 0.1) is 13.1 Å². The van der Waals surface area contributed by atoms with Crippen LogP contribution in [0.25, 0.3) is 0 Å². The third-order valence-electron chi connectivity index (χ3n) is 1.69. The van der Waals surface area contributed by atoms with Gasteiger partial charge in [0.2, 0.25) is 11.8 Å². The first-order valence-corrected chi connectivity index (χ1v) is 4.52. The molecule has 0 radical (unpaired) electrons. The predicted molar refractivity (Wildman–Crippen MR) is 57.1 cm³/mol. The van der Waals surface area contributed by atoms with Crippen molar-refractivity contribution in [2.24, 2.45) is 5.73 Å². The van der Waals surface area contributed by atoms with Crippen LogP contribution in [0.1, 0.15) is 0 Å². The van der Waals surface area contributed by atoms with Crippen molar-refractivity contribution in [1.29, 1.82) is 0 Å². The minimum atomic E-state index is -0.553. The molecule has 0 fully saturated rings. The molecule has 0 saturated carbocycles. The van der Waals surface area contributed by atoms with Crippen molar-refractivity contribution < 1.29 is 9.59 Å². The van der Waals surface area contributed by atoms with E-state index in [2.05, 4.69) is 10.6 Å². The second kappa shape index (κ2) is 5.64. The monoisotopic (exact) mass is 207 g/mol. The fourth-order valence-electron chi connectivity index (χ4n) is 0.987. The van der Waals surface area contributed by atoms with Crippen LogP contribution in [0.2, 0.25) is 0 Å². The molecule has 1 rings (SSSR count). The fraction of sp³-hybridized carbons (Fsp3) is 0.200. The van der Waals surface area contributed by atoms with Gasteiger partial charge in [0, 0.05) is 5.69 Å². The summed E-state index contributed by atoms with van der Waals surface area (Å²) in [5.41, 5.74) is 5.73. The van der Waals surface area contributed by atoms with Gasteiger partial charge in [-0.2, -0.15) is 0 Å². The summed E-state index contributed by atoms with van der Waals surface area (Å²) in [4.78, 5) is 21.5. The van der Waals surface area contributed by atoms with Crippen molar-refractivity contribution >= 4 is 17.5 Å². The molecule has 0 saturated heterocycles. The van der Waals surface area contributed by atoms with Crippen LogP contribution >= 0.6 is 0 Å². The number of carbonyl (C=O) groups is 2. The summed E-state index contributed by atoms with van der Waals surface area (Å²) in [6.45, 7) is -0.00734. The lowest BCUT2D eigenvalue weighted by atomic mass is 10.3. The number of anilines is 1. The predicted octanol–water partition coefficient (Wildman–Crippen LogP) is -0.300. The van der Waals surface area contributed by atoms with Gasteiger partial charge in [0.1, 0.15) is 0 Å². The summed E-state index contributed by atoms with van der Waals surface area (Å²) in [6, 6.07) is 9.31. The first-order valence-electron chi connectivity index (χ1n) is 4.52. The molecule has 0 aliphatic carbocycles. The molecule has 1 aromatic rings. The van der Waals surface area contributed by atoms with E-state index in [1.807, 2.05) is 30.3 Å². The molecule has 0 bridgehead atoms. The smallest absolute Gasteiger partial charge is 0.239 e. The lowest BCUT2D eigenvalue weighted by molar-refractivity contribution is -0.123. The molecule has 0 unspecified atom stereocenters. The van der Waals surface area contributed by atoms with Crippen LogP contribution in [-0.4, -0.2) is 24.9 Å². The molecular weight excluding hydrogens is 194 g/mol. The lowest BCUT2D eigenvalue weighted by Crippen LogP contribution is -2.36. The van der Waals surface area contributed by atoms with Gasteiger partial charge in [-0.15, -0.1) is 0 Å². The standard InChI is InChI=1S/C10H13N3O2/c11-9(14)6-13-10(15)7-12-8-4-2-1-3-5-8/h1-5,12H,6-7H2,(H2,11,14)(H,13,15). The molecule has 0 aliphatic heterocycles. The molecule has 1 aromatic carbocycles. The Morgan fingerprint density at radius 3 is 2.40 bits per heavy atom. The Bertz CT molecular complexity index is 338. The van der Waals surface area contributed by atoms with Crippen molar-refractivity contribution in [3.05, 3.63) is 30.3 Å². The number of rotatable bonds is 5. The highest BCUT2D eigenvalue weighted by Gasteiger charge is 2.01. The van der Waals surface area contributed by atoms with Gasteiger partial charge in [0.25, 0.3) is 0 Å². The van der Waals surface area contributed by atoms with Gasteiger partial charge < -0.3 is 16.4 Å². The number of carbonyl (C=O) groups excluding carboxylic acids is 2. The molecule has 15 heavy (non-hydrogen) atoms. The van der Waals surface area contributed by atoms with Crippen molar-refractivity contribution in [1.82, 2.24) is 5.32 Å². The van der Waals surface area contributed by atoms with E-state index in [4.69, 9.17) is 5.73 Å². The average Bonchev–Trinajstić information content (AvgIpc) is 2.25. The van der Waals surface area contributed by atoms with E-state index in [0.29, 0.717) is 0 Å². The number of amides is 2. The van der Waals surface area contributed by atoms with Gasteiger partial charge in [-0.05, 0) is 12.1 Å². The van der Waals surface area contributed by atoms with Crippen LogP contribution in [0.15, 0.2) is 30.3 Å². The maximum atomic E-state index is 11.1. The molecule has 4 N–H and O–H groups in total. The molecule has 0 heterocycles. The number of primary amides is 1. The topological polar surface area (TPSA) is 84.2 Å². The van der Waals surface area contributed by atoms with Gasteiger partial charge in [-0.1, -0.05) is 18.2 Å². The van der Waals surface area contributed by atoms with Crippen LogP contribution in [0.5, 0.6) is 0 Å². The van der Waals surface area contributed by atoms with Crippen molar-refractivity contribution in [2.75, 3.05) is 18.4 Å². The number of nitrogens with one attached hydrogen (secondary N) is 2. The minimum absolute atomic E-state index is 0.122. The summed E-state index contributed by atoms with van der Waals surface area (Å²) < 4.78 is 0. The van der Waals surface area contributed by atoms with Crippen LogP contribution in [0, 0.1) is 0 Å². The normalized spacial score (nSPS) is 9.33. The first kappa shape index (κ1) is 11.0. The van der Waals surface area contributed by atoms with Crippen LogP contribution in [0.4, 0.5) is 5.69 Å². The Hall–Kier alpha value is -2.04. The summed E-state index contributed by atoms with van der Waals surface area (Å²) in [5.74, 6) is -0.819.